The fraction of sp³-hybridized carbons (Fsp3) is 0.308. The minimum atomic E-state index is -0.490. The van der Waals surface area contributed by atoms with Crippen molar-refractivity contribution in [3.05, 3.63) is 30.1 Å². The average molecular weight is 278 g/mol. The first-order chi connectivity index (χ1) is 9.72. The molecule has 0 radical (unpaired) electrons. The van der Waals surface area contributed by atoms with E-state index in [0.29, 0.717) is 19.1 Å². The van der Waals surface area contributed by atoms with Crippen LogP contribution < -0.4 is 14.8 Å². The third-order valence-corrected chi connectivity index (χ3v) is 2.24. The Morgan fingerprint density at radius 2 is 1.85 bits per heavy atom. The van der Waals surface area contributed by atoms with Gasteiger partial charge in [-0.3, -0.25) is 0 Å². The van der Waals surface area contributed by atoms with Crippen molar-refractivity contribution in [2.45, 2.75) is 13.8 Å². The van der Waals surface area contributed by atoms with Crippen LogP contribution in [-0.4, -0.2) is 28.1 Å². The Balaban J connectivity index is 2.28. The van der Waals surface area contributed by atoms with Crippen LogP contribution in [0.2, 0.25) is 0 Å². The predicted molar refractivity (Wildman–Crippen MR) is 71.6 cm³/mol. The molecule has 1 aromatic heterocycles. The molecule has 7 heteroatoms. The monoisotopic (exact) mass is 278 g/mol. The van der Waals surface area contributed by atoms with Crippen LogP contribution in [0.3, 0.4) is 0 Å². The Hall–Kier alpha value is -2.44. The molecule has 0 bridgehead atoms. The van der Waals surface area contributed by atoms with Gasteiger partial charge in [-0.1, -0.05) is 12.1 Å². The molecule has 0 spiro atoms. The highest BCUT2D eigenvalue weighted by Crippen LogP contribution is 2.23. The fourth-order valence-electron chi connectivity index (χ4n) is 1.44. The quantitative estimate of drug-likeness (QED) is 0.876. The topological polar surface area (TPSA) is 69.2 Å². The zero-order valence-electron chi connectivity index (χ0n) is 11.3. The van der Waals surface area contributed by atoms with E-state index in [2.05, 4.69) is 20.3 Å². The summed E-state index contributed by atoms with van der Waals surface area (Å²) >= 11 is 0. The highest BCUT2D eigenvalue weighted by atomic mass is 19.1. The number of hydrogen-bond donors (Lipinski definition) is 1. The number of halogens is 1. The molecule has 0 unspecified atom stereocenters. The van der Waals surface area contributed by atoms with Crippen molar-refractivity contribution in [2.75, 3.05) is 18.5 Å². The molecule has 1 aromatic carbocycles. The molecule has 106 valence electrons. The van der Waals surface area contributed by atoms with E-state index in [9.17, 15) is 4.39 Å². The van der Waals surface area contributed by atoms with Crippen LogP contribution in [0.1, 0.15) is 13.8 Å². The Kier molecular flexibility index (Phi) is 4.65. The number of hydrogen-bond acceptors (Lipinski definition) is 6. The molecule has 1 heterocycles. The van der Waals surface area contributed by atoms with Crippen LogP contribution in [0.5, 0.6) is 17.8 Å². The smallest absolute Gasteiger partial charge is 0.330 e. The summed E-state index contributed by atoms with van der Waals surface area (Å²) in [6.45, 7) is 4.76. The summed E-state index contributed by atoms with van der Waals surface area (Å²) in [7, 11) is 0. The van der Waals surface area contributed by atoms with Gasteiger partial charge in [-0.2, -0.15) is 9.97 Å². The van der Waals surface area contributed by atoms with E-state index in [1.807, 2.05) is 13.8 Å². The van der Waals surface area contributed by atoms with Crippen LogP contribution in [0.15, 0.2) is 24.3 Å². The van der Waals surface area contributed by atoms with Gasteiger partial charge in [0, 0.05) is 6.54 Å². The standard InChI is InChI=1S/C13H15FN4O2/c1-3-15-11-16-12(19-4-2)18-13(17-11)20-10-8-6-5-7-9(10)14/h5-8H,3-4H2,1-2H3,(H,15,16,17,18). The number of nitrogens with zero attached hydrogens (tertiary/aromatic N) is 3. The van der Waals surface area contributed by atoms with Crippen LogP contribution in [0.4, 0.5) is 10.3 Å². The molecule has 0 saturated heterocycles. The Labute approximate surface area is 116 Å². The molecule has 1 N–H and O–H groups in total. The van der Waals surface area contributed by atoms with Crippen LogP contribution >= 0.6 is 0 Å². The SMILES string of the molecule is CCNc1nc(OCC)nc(Oc2ccccc2F)n1. The summed E-state index contributed by atoms with van der Waals surface area (Å²) in [6.07, 6.45) is 0. The molecular formula is C13H15FN4O2. The van der Waals surface area contributed by atoms with E-state index in [-0.39, 0.29) is 17.8 Å². The summed E-state index contributed by atoms with van der Waals surface area (Å²) < 4.78 is 24.1. The Morgan fingerprint density at radius 1 is 1.10 bits per heavy atom. The van der Waals surface area contributed by atoms with Crippen molar-refractivity contribution in [3.8, 4) is 17.8 Å². The lowest BCUT2D eigenvalue weighted by molar-refractivity contribution is 0.302. The molecule has 6 nitrogen and oxygen atoms in total. The van der Waals surface area contributed by atoms with Crippen LogP contribution in [0, 0.1) is 5.82 Å². The maximum absolute atomic E-state index is 13.5. The molecule has 0 atom stereocenters. The summed E-state index contributed by atoms with van der Waals surface area (Å²) in [4.78, 5) is 12.1. The molecule has 20 heavy (non-hydrogen) atoms. The molecule has 0 aliphatic rings. The summed E-state index contributed by atoms with van der Waals surface area (Å²) in [5.74, 6) is -0.128. The maximum atomic E-state index is 13.5. The van der Waals surface area contributed by atoms with E-state index in [4.69, 9.17) is 9.47 Å². The second-order valence-corrected chi connectivity index (χ2v) is 3.72. The highest BCUT2D eigenvalue weighted by molar-refractivity contribution is 5.31. The van der Waals surface area contributed by atoms with E-state index < -0.39 is 5.82 Å². The third kappa shape index (κ3) is 3.53. The predicted octanol–water partition coefficient (Wildman–Crippen LogP) is 2.63. The number of nitrogens with one attached hydrogen (secondary N) is 1. The number of ether oxygens (including phenoxy) is 2. The minimum Gasteiger partial charge on any atom is -0.464 e. The number of benzene rings is 1. The number of aromatic nitrogens is 3. The van der Waals surface area contributed by atoms with Gasteiger partial charge < -0.3 is 14.8 Å². The zero-order chi connectivity index (χ0) is 14.4. The molecule has 0 aliphatic carbocycles. The zero-order valence-corrected chi connectivity index (χ0v) is 11.3. The van der Waals surface area contributed by atoms with E-state index in [1.165, 1.54) is 12.1 Å². The van der Waals surface area contributed by atoms with Crippen molar-refractivity contribution >= 4 is 5.95 Å². The van der Waals surface area contributed by atoms with Gasteiger partial charge in [0.15, 0.2) is 11.6 Å². The second-order valence-electron chi connectivity index (χ2n) is 3.72. The first-order valence-electron chi connectivity index (χ1n) is 6.28. The van der Waals surface area contributed by atoms with Gasteiger partial charge >= 0.3 is 12.0 Å². The van der Waals surface area contributed by atoms with Crippen molar-refractivity contribution in [2.24, 2.45) is 0 Å². The molecule has 2 rings (SSSR count). The summed E-state index contributed by atoms with van der Waals surface area (Å²) in [5.41, 5.74) is 0. The van der Waals surface area contributed by atoms with Crippen LogP contribution in [0.25, 0.3) is 0 Å². The molecule has 0 fully saturated rings. The van der Waals surface area contributed by atoms with E-state index in [0.717, 1.165) is 0 Å². The van der Waals surface area contributed by atoms with Gasteiger partial charge in [-0.25, -0.2) is 4.39 Å². The first-order valence-corrected chi connectivity index (χ1v) is 6.28. The third-order valence-electron chi connectivity index (χ3n) is 2.24. The van der Waals surface area contributed by atoms with Crippen molar-refractivity contribution < 1.29 is 13.9 Å². The lowest BCUT2D eigenvalue weighted by atomic mass is 10.3. The maximum Gasteiger partial charge on any atom is 0.330 e. The number of para-hydroxylation sites is 1. The normalized spacial score (nSPS) is 10.2. The number of rotatable bonds is 6. The van der Waals surface area contributed by atoms with Gasteiger partial charge in [0.1, 0.15) is 0 Å². The van der Waals surface area contributed by atoms with Crippen molar-refractivity contribution in [3.63, 3.8) is 0 Å². The lowest BCUT2D eigenvalue weighted by Crippen LogP contribution is -2.07. The molecule has 0 saturated carbocycles. The van der Waals surface area contributed by atoms with Gasteiger partial charge in [-0.05, 0) is 26.0 Å². The van der Waals surface area contributed by atoms with Gasteiger partial charge in [0.05, 0.1) is 6.61 Å². The van der Waals surface area contributed by atoms with Crippen molar-refractivity contribution in [1.82, 2.24) is 15.0 Å². The average Bonchev–Trinajstić information content (AvgIpc) is 2.42. The lowest BCUT2D eigenvalue weighted by Gasteiger charge is -2.08. The van der Waals surface area contributed by atoms with Gasteiger partial charge in [0.25, 0.3) is 0 Å². The van der Waals surface area contributed by atoms with E-state index >= 15 is 0 Å². The minimum absolute atomic E-state index is 0.0236. The van der Waals surface area contributed by atoms with Crippen LogP contribution in [-0.2, 0) is 0 Å². The summed E-state index contributed by atoms with van der Waals surface area (Å²) in [5, 5.41) is 2.93. The first kappa shape index (κ1) is 14.0. The van der Waals surface area contributed by atoms with Gasteiger partial charge in [0.2, 0.25) is 5.95 Å². The van der Waals surface area contributed by atoms with Crippen molar-refractivity contribution in [1.29, 1.82) is 0 Å². The highest BCUT2D eigenvalue weighted by Gasteiger charge is 2.11. The molecular weight excluding hydrogens is 263 g/mol. The largest absolute Gasteiger partial charge is 0.464 e. The van der Waals surface area contributed by atoms with E-state index in [1.54, 1.807) is 12.1 Å². The molecule has 0 aliphatic heterocycles. The Morgan fingerprint density at radius 3 is 2.55 bits per heavy atom. The number of anilines is 1. The molecule has 0 amide bonds. The Bertz CT molecular complexity index is 556. The summed E-state index contributed by atoms with van der Waals surface area (Å²) in [6, 6.07) is 6.13. The fourth-order valence-corrected chi connectivity index (χ4v) is 1.44. The van der Waals surface area contributed by atoms with Gasteiger partial charge in [-0.15, -0.1) is 4.98 Å². The molecule has 2 aromatic rings. The second kappa shape index (κ2) is 6.65.